The van der Waals surface area contributed by atoms with Crippen molar-refractivity contribution in [3.8, 4) is 11.5 Å². The van der Waals surface area contributed by atoms with Gasteiger partial charge in [-0.15, -0.1) is 0 Å². The Balaban J connectivity index is 2.30. The van der Waals surface area contributed by atoms with Gasteiger partial charge in [-0.25, -0.2) is 4.79 Å². The molecule has 4 nitrogen and oxygen atoms in total. The molecule has 15 heavy (non-hydrogen) atoms. The van der Waals surface area contributed by atoms with E-state index < -0.39 is 0 Å². The van der Waals surface area contributed by atoms with Gasteiger partial charge in [0.1, 0.15) is 18.8 Å². The number of rotatable bonds is 0. The molecule has 1 aromatic heterocycles. The Hall–Kier alpha value is -1.97. The number of benzene rings is 1. The minimum atomic E-state index is -0.362. The predicted molar refractivity (Wildman–Crippen MR) is 53.5 cm³/mol. The minimum absolute atomic E-state index is 0.362. The smallest absolute Gasteiger partial charge is 0.336 e. The average molecular weight is 204 g/mol. The second-order valence-electron chi connectivity index (χ2n) is 3.29. The molecule has 2 heterocycles. The van der Waals surface area contributed by atoms with Crippen molar-refractivity contribution >= 4 is 11.0 Å². The fourth-order valence-electron chi connectivity index (χ4n) is 1.60. The van der Waals surface area contributed by atoms with E-state index in [4.69, 9.17) is 13.9 Å². The van der Waals surface area contributed by atoms with E-state index in [2.05, 4.69) is 0 Å². The van der Waals surface area contributed by atoms with Gasteiger partial charge in [-0.3, -0.25) is 0 Å². The first-order valence-electron chi connectivity index (χ1n) is 4.66. The number of hydrogen-bond donors (Lipinski definition) is 0. The molecule has 0 saturated carbocycles. The molecule has 0 atom stereocenters. The molecular weight excluding hydrogens is 196 g/mol. The highest BCUT2D eigenvalue weighted by Crippen LogP contribution is 2.33. The third kappa shape index (κ3) is 1.34. The van der Waals surface area contributed by atoms with Crippen LogP contribution >= 0.6 is 0 Å². The van der Waals surface area contributed by atoms with Crippen molar-refractivity contribution in [3.05, 3.63) is 34.7 Å². The highest BCUT2D eigenvalue weighted by molar-refractivity contribution is 5.80. The first-order chi connectivity index (χ1) is 7.33. The maximum absolute atomic E-state index is 11.0. The van der Waals surface area contributed by atoms with Crippen molar-refractivity contribution in [2.75, 3.05) is 13.2 Å². The molecule has 0 spiro atoms. The molecule has 4 heteroatoms. The molecule has 76 valence electrons. The lowest BCUT2D eigenvalue weighted by molar-refractivity contribution is 0.172. The monoisotopic (exact) mass is 204 g/mol. The SMILES string of the molecule is O=c1ccc2cc3c(cc2o1)OCCO3. The summed E-state index contributed by atoms with van der Waals surface area (Å²) in [5.74, 6) is 1.32. The lowest BCUT2D eigenvalue weighted by atomic mass is 10.2. The van der Waals surface area contributed by atoms with Gasteiger partial charge >= 0.3 is 5.63 Å². The van der Waals surface area contributed by atoms with Crippen LogP contribution in [0.2, 0.25) is 0 Å². The van der Waals surface area contributed by atoms with Gasteiger partial charge in [-0.2, -0.15) is 0 Å². The predicted octanol–water partition coefficient (Wildman–Crippen LogP) is 1.56. The van der Waals surface area contributed by atoms with Gasteiger partial charge in [0.25, 0.3) is 0 Å². The van der Waals surface area contributed by atoms with Crippen LogP contribution < -0.4 is 15.1 Å². The van der Waals surface area contributed by atoms with Gasteiger partial charge in [0.2, 0.25) is 0 Å². The van der Waals surface area contributed by atoms with E-state index in [0.717, 1.165) is 5.39 Å². The quantitative estimate of drug-likeness (QED) is 0.611. The summed E-state index contributed by atoms with van der Waals surface area (Å²) in [5.41, 5.74) is 0.158. The fraction of sp³-hybridized carbons (Fsp3) is 0.182. The average Bonchev–Trinajstić information content (AvgIpc) is 2.26. The molecule has 3 rings (SSSR count). The summed E-state index contributed by atoms with van der Waals surface area (Å²) in [6.07, 6.45) is 0. The zero-order chi connectivity index (χ0) is 10.3. The Morgan fingerprint density at radius 3 is 2.53 bits per heavy atom. The van der Waals surface area contributed by atoms with E-state index in [-0.39, 0.29) is 5.63 Å². The number of fused-ring (bicyclic) bond motifs is 2. The van der Waals surface area contributed by atoms with Crippen LogP contribution in [0.15, 0.2) is 33.5 Å². The molecular formula is C11H8O4. The van der Waals surface area contributed by atoms with Crippen LogP contribution in [0.4, 0.5) is 0 Å². The van der Waals surface area contributed by atoms with Gasteiger partial charge < -0.3 is 13.9 Å². The topological polar surface area (TPSA) is 48.7 Å². The Morgan fingerprint density at radius 1 is 1.00 bits per heavy atom. The summed E-state index contributed by atoms with van der Waals surface area (Å²) in [7, 11) is 0. The fourth-order valence-corrected chi connectivity index (χ4v) is 1.60. The largest absolute Gasteiger partial charge is 0.486 e. The van der Waals surface area contributed by atoms with Crippen LogP contribution in [0.1, 0.15) is 0 Å². The maximum atomic E-state index is 11.0. The zero-order valence-electron chi connectivity index (χ0n) is 7.86. The Kier molecular flexibility index (Phi) is 1.68. The third-order valence-electron chi connectivity index (χ3n) is 2.28. The standard InChI is InChI=1S/C11H8O4/c12-11-2-1-7-5-9-10(6-8(7)15-11)14-4-3-13-9/h1-2,5-6H,3-4H2. The van der Waals surface area contributed by atoms with Crippen LogP contribution in [0.3, 0.4) is 0 Å². The van der Waals surface area contributed by atoms with Crippen molar-refractivity contribution in [2.45, 2.75) is 0 Å². The van der Waals surface area contributed by atoms with Crippen LogP contribution in [-0.4, -0.2) is 13.2 Å². The van der Waals surface area contributed by atoms with Crippen LogP contribution in [0.25, 0.3) is 11.0 Å². The van der Waals surface area contributed by atoms with E-state index >= 15 is 0 Å². The van der Waals surface area contributed by atoms with E-state index in [1.165, 1.54) is 6.07 Å². The molecule has 2 aromatic rings. The van der Waals surface area contributed by atoms with Crippen molar-refractivity contribution in [2.24, 2.45) is 0 Å². The highest BCUT2D eigenvalue weighted by Gasteiger charge is 2.13. The Labute approximate surface area is 85.0 Å². The van der Waals surface area contributed by atoms with Crippen LogP contribution in [0, 0.1) is 0 Å². The van der Waals surface area contributed by atoms with Crippen LogP contribution in [0.5, 0.6) is 11.5 Å². The van der Waals surface area contributed by atoms with Gasteiger partial charge in [0.15, 0.2) is 11.5 Å². The molecule has 0 aliphatic carbocycles. The first-order valence-corrected chi connectivity index (χ1v) is 4.66. The van der Waals surface area contributed by atoms with Crippen molar-refractivity contribution in [3.63, 3.8) is 0 Å². The van der Waals surface area contributed by atoms with Crippen molar-refractivity contribution in [1.29, 1.82) is 0 Å². The molecule has 0 radical (unpaired) electrons. The molecule has 1 aliphatic heterocycles. The van der Waals surface area contributed by atoms with Gasteiger partial charge in [0.05, 0.1) is 0 Å². The molecule has 0 amide bonds. The molecule has 0 bridgehead atoms. The van der Waals surface area contributed by atoms with E-state index in [1.807, 2.05) is 6.07 Å². The lowest BCUT2D eigenvalue weighted by Gasteiger charge is -2.18. The number of hydrogen-bond acceptors (Lipinski definition) is 4. The van der Waals surface area contributed by atoms with E-state index in [1.54, 1.807) is 12.1 Å². The molecule has 0 N–H and O–H groups in total. The third-order valence-corrected chi connectivity index (χ3v) is 2.28. The summed E-state index contributed by atoms with van der Waals surface area (Å²) in [5, 5.41) is 0.832. The number of ether oxygens (including phenoxy) is 2. The molecule has 1 aromatic carbocycles. The molecule has 0 unspecified atom stereocenters. The van der Waals surface area contributed by atoms with Crippen molar-refractivity contribution in [1.82, 2.24) is 0 Å². The normalized spacial score (nSPS) is 14.1. The molecule has 0 fully saturated rings. The summed E-state index contributed by atoms with van der Waals surface area (Å²) in [6.45, 7) is 1.07. The summed E-state index contributed by atoms with van der Waals surface area (Å²) in [6, 6.07) is 6.59. The van der Waals surface area contributed by atoms with Gasteiger partial charge in [0, 0.05) is 17.5 Å². The molecule has 1 aliphatic rings. The van der Waals surface area contributed by atoms with Crippen molar-refractivity contribution < 1.29 is 13.9 Å². The van der Waals surface area contributed by atoms with Gasteiger partial charge in [-0.05, 0) is 12.1 Å². The summed E-state index contributed by atoms with van der Waals surface area (Å²) < 4.78 is 15.8. The Morgan fingerprint density at radius 2 is 1.73 bits per heavy atom. The zero-order valence-corrected chi connectivity index (χ0v) is 7.86. The summed E-state index contributed by atoms with van der Waals surface area (Å²) >= 11 is 0. The first kappa shape index (κ1) is 8.35. The van der Waals surface area contributed by atoms with Crippen LogP contribution in [-0.2, 0) is 0 Å². The highest BCUT2D eigenvalue weighted by atomic mass is 16.6. The van der Waals surface area contributed by atoms with E-state index in [0.29, 0.717) is 30.3 Å². The minimum Gasteiger partial charge on any atom is -0.486 e. The second kappa shape index (κ2) is 3.02. The maximum Gasteiger partial charge on any atom is 0.336 e. The summed E-state index contributed by atoms with van der Waals surface area (Å²) in [4.78, 5) is 11.0. The van der Waals surface area contributed by atoms with E-state index in [9.17, 15) is 4.79 Å². The second-order valence-corrected chi connectivity index (χ2v) is 3.29. The molecule has 0 saturated heterocycles. The Bertz CT molecular complexity index is 570. The van der Waals surface area contributed by atoms with Gasteiger partial charge in [-0.1, -0.05) is 0 Å². The lowest BCUT2D eigenvalue weighted by Crippen LogP contribution is -2.15.